The third-order valence-electron chi connectivity index (χ3n) is 5.68. The van der Waals surface area contributed by atoms with Gasteiger partial charge in [0.2, 0.25) is 11.8 Å². The minimum absolute atomic E-state index is 0.0563. The fourth-order valence-corrected chi connectivity index (χ4v) is 5.58. The average molecular weight is 607 g/mol. The molecular weight excluding hydrogens is 578 g/mol. The largest absolute Gasteiger partial charge is 0.354 e. The third-order valence-corrected chi connectivity index (χ3v) is 8.23. The van der Waals surface area contributed by atoms with Gasteiger partial charge in [-0.2, -0.15) is 0 Å². The summed E-state index contributed by atoms with van der Waals surface area (Å²) in [5, 5.41) is 3.31. The molecule has 2 amide bonds. The first-order valence-corrected chi connectivity index (χ1v) is 14.4. The summed E-state index contributed by atoms with van der Waals surface area (Å²) in [6.45, 7) is 3.62. The molecule has 0 aliphatic heterocycles. The fourth-order valence-electron chi connectivity index (χ4n) is 3.67. The predicted molar refractivity (Wildman–Crippen MR) is 150 cm³/mol. The standard InChI is InChI=1S/C27H29BrClN3O4S/c1-3-16-30-27(34)20(2)31(18-21-8-7-9-23(29)17-21)26(33)19-32(24-14-12-22(28)13-15-24)37(35,36)25-10-5-4-6-11-25/h4-15,17,20H,3,16,18-19H2,1-2H3,(H,30,34)/t20-/m1/s1. The van der Waals surface area contributed by atoms with E-state index < -0.39 is 28.5 Å². The number of sulfonamides is 1. The monoisotopic (exact) mass is 605 g/mol. The van der Waals surface area contributed by atoms with Gasteiger partial charge in [0, 0.05) is 22.6 Å². The number of hydrogen-bond acceptors (Lipinski definition) is 4. The van der Waals surface area contributed by atoms with Crippen LogP contribution in [0.5, 0.6) is 0 Å². The van der Waals surface area contributed by atoms with Crippen LogP contribution in [0.25, 0.3) is 0 Å². The summed E-state index contributed by atoms with van der Waals surface area (Å²) in [6.07, 6.45) is 0.743. The lowest BCUT2D eigenvalue weighted by Gasteiger charge is -2.32. The minimum Gasteiger partial charge on any atom is -0.354 e. The molecule has 10 heteroatoms. The number of nitrogens with zero attached hydrogens (tertiary/aromatic N) is 2. The van der Waals surface area contributed by atoms with Crippen LogP contribution in [0.4, 0.5) is 5.69 Å². The molecule has 0 heterocycles. The number of hydrogen-bond donors (Lipinski definition) is 1. The van der Waals surface area contributed by atoms with Crippen molar-refractivity contribution >= 4 is 55.1 Å². The van der Waals surface area contributed by atoms with Crippen molar-refractivity contribution in [2.75, 3.05) is 17.4 Å². The first-order chi connectivity index (χ1) is 17.6. The Hall–Kier alpha value is -2.88. The number of benzene rings is 3. The van der Waals surface area contributed by atoms with Gasteiger partial charge in [-0.25, -0.2) is 8.42 Å². The van der Waals surface area contributed by atoms with Crippen molar-refractivity contribution in [1.82, 2.24) is 10.2 Å². The Labute approximate surface area is 231 Å². The molecule has 0 saturated carbocycles. The molecule has 3 aromatic carbocycles. The van der Waals surface area contributed by atoms with Crippen molar-refractivity contribution in [2.45, 2.75) is 37.8 Å². The van der Waals surface area contributed by atoms with Crippen molar-refractivity contribution < 1.29 is 18.0 Å². The van der Waals surface area contributed by atoms with E-state index in [1.807, 2.05) is 6.92 Å². The second-order valence-corrected chi connectivity index (χ2v) is 11.6. The van der Waals surface area contributed by atoms with Gasteiger partial charge in [-0.3, -0.25) is 13.9 Å². The van der Waals surface area contributed by atoms with Crippen molar-refractivity contribution in [3.05, 3.63) is 93.9 Å². The molecule has 7 nitrogen and oxygen atoms in total. The summed E-state index contributed by atoms with van der Waals surface area (Å²) in [5.41, 5.74) is 1.04. The van der Waals surface area contributed by atoms with Gasteiger partial charge < -0.3 is 10.2 Å². The highest BCUT2D eigenvalue weighted by atomic mass is 79.9. The average Bonchev–Trinajstić information content (AvgIpc) is 2.89. The van der Waals surface area contributed by atoms with Gasteiger partial charge in [-0.05, 0) is 67.4 Å². The highest BCUT2D eigenvalue weighted by Gasteiger charge is 2.32. The Morgan fingerprint density at radius 1 is 1.00 bits per heavy atom. The number of rotatable bonds is 11. The molecule has 37 heavy (non-hydrogen) atoms. The van der Waals surface area contributed by atoms with Gasteiger partial charge in [0.1, 0.15) is 12.6 Å². The summed E-state index contributed by atoms with van der Waals surface area (Å²) in [6, 6.07) is 20.7. The van der Waals surface area contributed by atoms with Gasteiger partial charge in [0.05, 0.1) is 10.6 Å². The molecular formula is C27H29BrClN3O4S. The zero-order valence-corrected chi connectivity index (χ0v) is 23.8. The van der Waals surface area contributed by atoms with Gasteiger partial charge in [-0.15, -0.1) is 0 Å². The molecule has 1 atom stereocenters. The van der Waals surface area contributed by atoms with Crippen molar-refractivity contribution in [1.29, 1.82) is 0 Å². The number of carbonyl (C=O) groups excluding carboxylic acids is 2. The van der Waals surface area contributed by atoms with Gasteiger partial charge in [-0.1, -0.05) is 64.8 Å². The Kier molecular flexibility index (Phi) is 10.1. The van der Waals surface area contributed by atoms with Gasteiger partial charge in [0.15, 0.2) is 0 Å². The van der Waals surface area contributed by atoms with E-state index in [1.165, 1.54) is 17.0 Å². The van der Waals surface area contributed by atoms with Crippen molar-refractivity contribution in [2.24, 2.45) is 0 Å². The van der Waals surface area contributed by atoms with E-state index in [2.05, 4.69) is 21.2 Å². The number of carbonyl (C=O) groups is 2. The maximum Gasteiger partial charge on any atom is 0.264 e. The molecule has 0 radical (unpaired) electrons. The smallest absolute Gasteiger partial charge is 0.264 e. The summed E-state index contributed by atoms with van der Waals surface area (Å²) >= 11 is 9.51. The van der Waals surface area contributed by atoms with E-state index in [0.29, 0.717) is 17.3 Å². The molecule has 196 valence electrons. The number of nitrogens with one attached hydrogen (secondary N) is 1. The minimum atomic E-state index is -4.09. The highest BCUT2D eigenvalue weighted by molar-refractivity contribution is 9.10. The fraction of sp³-hybridized carbons (Fsp3) is 0.259. The first kappa shape index (κ1) is 28.7. The van der Waals surface area contributed by atoms with Gasteiger partial charge >= 0.3 is 0 Å². The predicted octanol–water partition coefficient (Wildman–Crippen LogP) is 5.24. The molecule has 0 unspecified atom stereocenters. The van der Waals surface area contributed by atoms with E-state index >= 15 is 0 Å². The maximum absolute atomic E-state index is 13.8. The molecule has 0 aliphatic carbocycles. The third kappa shape index (κ3) is 7.56. The lowest BCUT2D eigenvalue weighted by Crippen LogP contribution is -2.51. The summed E-state index contributed by atoms with van der Waals surface area (Å²) < 4.78 is 29.2. The van der Waals surface area contributed by atoms with E-state index in [4.69, 9.17) is 11.6 Å². The lowest BCUT2D eigenvalue weighted by atomic mass is 10.1. The molecule has 0 fully saturated rings. The highest BCUT2D eigenvalue weighted by Crippen LogP contribution is 2.26. The Bertz CT molecular complexity index is 1320. The molecule has 0 spiro atoms. The molecule has 1 N–H and O–H groups in total. The van der Waals surface area contributed by atoms with Crippen LogP contribution in [0.15, 0.2) is 88.2 Å². The van der Waals surface area contributed by atoms with E-state index in [9.17, 15) is 18.0 Å². The second kappa shape index (κ2) is 13.1. The molecule has 3 aromatic rings. The zero-order chi connectivity index (χ0) is 27.0. The molecule has 0 aliphatic rings. The molecule has 0 bridgehead atoms. The summed E-state index contributed by atoms with van der Waals surface area (Å²) in [4.78, 5) is 28.1. The first-order valence-electron chi connectivity index (χ1n) is 11.8. The molecule has 3 rings (SSSR count). The topological polar surface area (TPSA) is 86.8 Å². The Balaban J connectivity index is 2.00. The second-order valence-electron chi connectivity index (χ2n) is 8.42. The Morgan fingerprint density at radius 2 is 1.68 bits per heavy atom. The Morgan fingerprint density at radius 3 is 2.30 bits per heavy atom. The molecule has 0 saturated heterocycles. The van der Waals surface area contributed by atoms with Crippen LogP contribution < -0.4 is 9.62 Å². The number of amides is 2. The zero-order valence-electron chi connectivity index (χ0n) is 20.6. The van der Waals surface area contributed by atoms with Crippen molar-refractivity contribution in [3.8, 4) is 0 Å². The SMILES string of the molecule is CCCNC(=O)[C@@H](C)N(Cc1cccc(Cl)c1)C(=O)CN(c1ccc(Br)cc1)S(=O)(=O)c1ccccc1. The van der Waals surface area contributed by atoms with E-state index in [0.717, 1.165) is 20.8 Å². The van der Waals surface area contributed by atoms with Crippen LogP contribution in [0.3, 0.4) is 0 Å². The van der Waals surface area contributed by atoms with Crippen LogP contribution in [-0.2, 0) is 26.2 Å². The van der Waals surface area contributed by atoms with Crippen LogP contribution in [0.1, 0.15) is 25.8 Å². The van der Waals surface area contributed by atoms with Crippen LogP contribution in [0.2, 0.25) is 5.02 Å². The van der Waals surface area contributed by atoms with Gasteiger partial charge in [0.25, 0.3) is 10.0 Å². The van der Waals surface area contributed by atoms with E-state index in [1.54, 1.807) is 73.7 Å². The number of anilines is 1. The quantitative estimate of drug-likeness (QED) is 0.323. The van der Waals surface area contributed by atoms with Crippen LogP contribution in [-0.4, -0.2) is 44.3 Å². The van der Waals surface area contributed by atoms with Crippen LogP contribution in [0, 0.1) is 0 Å². The van der Waals surface area contributed by atoms with Crippen LogP contribution >= 0.6 is 27.5 Å². The normalized spacial score (nSPS) is 12.0. The van der Waals surface area contributed by atoms with E-state index in [-0.39, 0.29) is 17.3 Å². The summed E-state index contributed by atoms with van der Waals surface area (Å²) in [7, 11) is -4.09. The molecule has 0 aromatic heterocycles. The number of halogens is 2. The van der Waals surface area contributed by atoms with Crippen molar-refractivity contribution in [3.63, 3.8) is 0 Å². The summed E-state index contributed by atoms with van der Waals surface area (Å²) in [5.74, 6) is -0.847. The maximum atomic E-state index is 13.8. The lowest BCUT2D eigenvalue weighted by molar-refractivity contribution is -0.139.